The molecule has 0 saturated carbocycles. The van der Waals surface area contributed by atoms with Gasteiger partial charge in [0.1, 0.15) is 0 Å². The molecule has 0 nitrogen and oxygen atoms in total. The predicted molar refractivity (Wildman–Crippen MR) is 51.1 cm³/mol. The molecule has 1 heteroatoms. The molecule has 0 N–H and O–H groups in total. The molecule has 0 radical (unpaired) electrons. The quantitative estimate of drug-likeness (QED) is 0.550. The minimum Gasteiger partial charge on any atom is -0.148 e. The molecule has 1 aromatic rings. The molecule has 1 heterocycles. The first-order chi connectivity index (χ1) is 5.29. The molecule has 58 valence electrons. The maximum atomic E-state index is 2.30. The van der Waals surface area contributed by atoms with Crippen molar-refractivity contribution in [2.24, 2.45) is 0 Å². The van der Waals surface area contributed by atoms with Crippen molar-refractivity contribution in [1.82, 2.24) is 0 Å². The first-order valence-electron chi connectivity index (χ1n) is 4.03. The zero-order chi connectivity index (χ0) is 7.84. The summed E-state index contributed by atoms with van der Waals surface area (Å²) in [5.41, 5.74) is 2.92. The van der Waals surface area contributed by atoms with Crippen LogP contribution in [0.2, 0.25) is 0 Å². The van der Waals surface area contributed by atoms with Gasteiger partial charge in [-0.2, -0.15) is 0 Å². The Balaban J connectivity index is 2.57. The first kappa shape index (κ1) is 7.11. The summed E-state index contributed by atoms with van der Waals surface area (Å²) in [6.45, 7) is 4.50. The van der Waals surface area contributed by atoms with E-state index in [1.165, 1.54) is 17.5 Å². The summed E-state index contributed by atoms with van der Waals surface area (Å²) in [5, 5.41) is 2.26. The van der Waals surface area contributed by atoms with E-state index < -0.39 is 0 Å². The molecule has 1 aromatic heterocycles. The van der Waals surface area contributed by atoms with Crippen LogP contribution in [0.1, 0.15) is 35.3 Å². The summed E-state index contributed by atoms with van der Waals surface area (Å²) >= 11 is 1.91. The van der Waals surface area contributed by atoms with Crippen molar-refractivity contribution in [2.75, 3.05) is 0 Å². The summed E-state index contributed by atoms with van der Waals surface area (Å²) in [6, 6.07) is 0. The SMILES string of the molecule is Cc1csc2c1C=CCC2C. The molecule has 1 aliphatic rings. The smallest absolute Gasteiger partial charge is 0.0151 e. The van der Waals surface area contributed by atoms with E-state index in [-0.39, 0.29) is 0 Å². The summed E-state index contributed by atoms with van der Waals surface area (Å²) in [5.74, 6) is 0.744. The molecule has 1 atom stereocenters. The van der Waals surface area contributed by atoms with Crippen molar-refractivity contribution in [2.45, 2.75) is 26.2 Å². The molecule has 0 spiro atoms. The van der Waals surface area contributed by atoms with Crippen molar-refractivity contribution in [3.05, 3.63) is 27.5 Å². The molecule has 0 amide bonds. The number of rotatable bonds is 0. The third-order valence-corrected chi connectivity index (χ3v) is 3.62. The van der Waals surface area contributed by atoms with E-state index in [0.29, 0.717) is 0 Å². The molecule has 0 fully saturated rings. The van der Waals surface area contributed by atoms with Crippen LogP contribution in [-0.2, 0) is 0 Å². The van der Waals surface area contributed by atoms with Gasteiger partial charge in [0.05, 0.1) is 0 Å². The van der Waals surface area contributed by atoms with Gasteiger partial charge in [-0.05, 0) is 35.8 Å². The average molecular weight is 164 g/mol. The van der Waals surface area contributed by atoms with Crippen molar-refractivity contribution in [3.63, 3.8) is 0 Å². The lowest BCUT2D eigenvalue weighted by atomic mass is 9.95. The Bertz CT molecular complexity index is 294. The minimum atomic E-state index is 0.744. The van der Waals surface area contributed by atoms with Gasteiger partial charge in [0.2, 0.25) is 0 Å². The van der Waals surface area contributed by atoms with Crippen LogP contribution in [0.4, 0.5) is 0 Å². The van der Waals surface area contributed by atoms with E-state index in [1.54, 1.807) is 4.88 Å². The fraction of sp³-hybridized carbons (Fsp3) is 0.400. The number of allylic oxidation sites excluding steroid dienone is 1. The second-order valence-electron chi connectivity index (χ2n) is 3.24. The van der Waals surface area contributed by atoms with Gasteiger partial charge >= 0.3 is 0 Å². The highest BCUT2D eigenvalue weighted by atomic mass is 32.1. The molecule has 11 heavy (non-hydrogen) atoms. The van der Waals surface area contributed by atoms with Gasteiger partial charge < -0.3 is 0 Å². The number of hydrogen-bond acceptors (Lipinski definition) is 1. The molecular weight excluding hydrogens is 152 g/mol. The predicted octanol–water partition coefficient (Wildman–Crippen LogP) is 3.58. The van der Waals surface area contributed by atoms with E-state index in [9.17, 15) is 0 Å². The van der Waals surface area contributed by atoms with Crippen LogP contribution in [-0.4, -0.2) is 0 Å². The van der Waals surface area contributed by atoms with Crippen LogP contribution < -0.4 is 0 Å². The summed E-state index contributed by atoms with van der Waals surface area (Å²) < 4.78 is 0. The Hall–Kier alpha value is -0.560. The fourth-order valence-corrected chi connectivity index (χ4v) is 2.68. The molecule has 0 aromatic carbocycles. The molecule has 0 aliphatic heterocycles. The van der Waals surface area contributed by atoms with Crippen LogP contribution >= 0.6 is 11.3 Å². The van der Waals surface area contributed by atoms with Gasteiger partial charge in [-0.25, -0.2) is 0 Å². The lowest BCUT2D eigenvalue weighted by molar-refractivity contribution is 0.789. The Labute approximate surface area is 71.6 Å². The van der Waals surface area contributed by atoms with Crippen LogP contribution in [0.25, 0.3) is 6.08 Å². The highest BCUT2D eigenvalue weighted by Gasteiger charge is 2.15. The third-order valence-electron chi connectivity index (χ3n) is 2.27. The number of aryl methyl sites for hydroxylation is 1. The number of fused-ring (bicyclic) bond motifs is 1. The molecule has 2 rings (SSSR count). The fourth-order valence-electron chi connectivity index (χ4n) is 1.57. The van der Waals surface area contributed by atoms with Crippen molar-refractivity contribution < 1.29 is 0 Å². The van der Waals surface area contributed by atoms with Crippen molar-refractivity contribution in [3.8, 4) is 0 Å². The zero-order valence-electron chi connectivity index (χ0n) is 6.92. The van der Waals surface area contributed by atoms with Gasteiger partial charge in [-0.3, -0.25) is 0 Å². The van der Waals surface area contributed by atoms with Crippen molar-refractivity contribution in [1.29, 1.82) is 0 Å². The molecule has 0 bridgehead atoms. The Morgan fingerprint density at radius 1 is 1.55 bits per heavy atom. The average Bonchev–Trinajstić information content (AvgIpc) is 2.35. The van der Waals surface area contributed by atoms with Gasteiger partial charge in [0, 0.05) is 4.88 Å². The topological polar surface area (TPSA) is 0 Å². The van der Waals surface area contributed by atoms with Crippen LogP contribution in [0.5, 0.6) is 0 Å². The van der Waals surface area contributed by atoms with Crippen LogP contribution in [0.15, 0.2) is 11.5 Å². The van der Waals surface area contributed by atoms with Gasteiger partial charge in [-0.1, -0.05) is 19.1 Å². The van der Waals surface area contributed by atoms with Crippen molar-refractivity contribution >= 4 is 17.4 Å². The minimum absolute atomic E-state index is 0.744. The van der Waals surface area contributed by atoms with E-state index in [0.717, 1.165) is 5.92 Å². The zero-order valence-corrected chi connectivity index (χ0v) is 7.74. The molecule has 1 unspecified atom stereocenters. The molecule has 0 saturated heterocycles. The van der Waals surface area contributed by atoms with Crippen LogP contribution in [0.3, 0.4) is 0 Å². The van der Waals surface area contributed by atoms with Crippen LogP contribution in [0, 0.1) is 6.92 Å². The molecule has 1 aliphatic carbocycles. The Morgan fingerprint density at radius 3 is 3.09 bits per heavy atom. The summed E-state index contributed by atoms with van der Waals surface area (Å²) in [7, 11) is 0. The first-order valence-corrected chi connectivity index (χ1v) is 4.91. The van der Waals surface area contributed by atoms with E-state index >= 15 is 0 Å². The molecular formula is C10H12S. The van der Waals surface area contributed by atoms with Gasteiger partial charge in [-0.15, -0.1) is 11.3 Å². The Kier molecular flexibility index (Phi) is 1.61. The third kappa shape index (κ3) is 1.04. The summed E-state index contributed by atoms with van der Waals surface area (Å²) in [6.07, 6.45) is 5.76. The normalized spacial score (nSPS) is 21.8. The van der Waals surface area contributed by atoms with Gasteiger partial charge in [0.15, 0.2) is 0 Å². The second kappa shape index (κ2) is 2.49. The Morgan fingerprint density at radius 2 is 2.36 bits per heavy atom. The highest BCUT2D eigenvalue weighted by molar-refractivity contribution is 7.10. The number of hydrogen-bond donors (Lipinski definition) is 0. The highest BCUT2D eigenvalue weighted by Crippen LogP contribution is 2.35. The largest absolute Gasteiger partial charge is 0.148 e. The summed E-state index contributed by atoms with van der Waals surface area (Å²) in [4.78, 5) is 1.57. The van der Waals surface area contributed by atoms with Gasteiger partial charge in [0.25, 0.3) is 0 Å². The lowest BCUT2D eigenvalue weighted by Gasteiger charge is -2.12. The lowest BCUT2D eigenvalue weighted by Crippen LogP contribution is -1.95. The monoisotopic (exact) mass is 164 g/mol. The standard InChI is InChI=1S/C10H12S/c1-7-4-3-5-9-8(2)6-11-10(7)9/h3,5-7H,4H2,1-2H3. The van der Waals surface area contributed by atoms with E-state index in [2.05, 4.69) is 31.4 Å². The maximum Gasteiger partial charge on any atom is 0.0151 e. The number of thiophene rings is 1. The van der Waals surface area contributed by atoms with E-state index in [1.807, 2.05) is 11.3 Å². The maximum absolute atomic E-state index is 2.30. The van der Waals surface area contributed by atoms with E-state index in [4.69, 9.17) is 0 Å². The second-order valence-corrected chi connectivity index (χ2v) is 4.15.